The summed E-state index contributed by atoms with van der Waals surface area (Å²) >= 11 is 0. The number of rotatable bonds is 10. The van der Waals surface area contributed by atoms with Crippen molar-refractivity contribution in [1.29, 1.82) is 0 Å². The summed E-state index contributed by atoms with van der Waals surface area (Å²) in [5, 5.41) is 6.49. The zero-order chi connectivity index (χ0) is 28.9. The molecule has 2 atom stereocenters. The summed E-state index contributed by atoms with van der Waals surface area (Å²) in [6.07, 6.45) is 3.15. The number of fused-ring (bicyclic) bond motifs is 1. The summed E-state index contributed by atoms with van der Waals surface area (Å²) < 4.78 is 10.7. The summed E-state index contributed by atoms with van der Waals surface area (Å²) in [6, 6.07) is 3.36. The van der Waals surface area contributed by atoms with Crippen LogP contribution in [0, 0.1) is 5.41 Å². The topological polar surface area (TPSA) is 133 Å². The van der Waals surface area contributed by atoms with Gasteiger partial charge in [-0.05, 0) is 38.8 Å². The van der Waals surface area contributed by atoms with Crippen molar-refractivity contribution >= 4 is 41.1 Å². The number of ether oxygens (including phenoxy) is 2. The first-order valence-corrected chi connectivity index (χ1v) is 13.6. The largest absolute Gasteiger partial charge is 0.450 e. The number of Topliss-reactive ketones (excluding diaryl/α,β-unsaturated/α-hetero) is 1. The Morgan fingerprint density at radius 1 is 1.07 bits per heavy atom. The normalized spacial score (nSPS) is 21.9. The van der Waals surface area contributed by atoms with Crippen LogP contribution in [0.4, 0.5) is 22.1 Å². The predicted octanol–water partition coefficient (Wildman–Crippen LogP) is 2.05. The van der Waals surface area contributed by atoms with Gasteiger partial charge in [-0.2, -0.15) is 0 Å². The second-order valence-electron chi connectivity index (χ2n) is 10.5. The number of nitrogens with zero attached hydrogens (tertiary/aromatic N) is 4. The van der Waals surface area contributed by atoms with Gasteiger partial charge in [0, 0.05) is 45.8 Å². The van der Waals surface area contributed by atoms with Gasteiger partial charge in [-0.1, -0.05) is 12.2 Å². The summed E-state index contributed by atoms with van der Waals surface area (Å²) in [4.78, 5) is 60.9. The highest BCUT2D eigenvalue weighted by atomic mass is 16.6. The first kappa shape index (κ1) is 28.9. The number of piperazine rings is 1. The van der Waals surface area contributed by atoms with E-state index in [2.05, 4.69) is 28.7 Å². The minimum absolute atomic E-state index is 0.239. The maximum absolute atomic E-state index is 13.0. The Bertz CT molecular complexity index is 1160. The van der Waals surface area contributed by atoms with Crippen LogP contribution >= 0.6 is 0 Å². The van der Waals surface area contributed by atoms with E-state index in [1.54, 1.807) is 30.9 Å². The molecule has 3 fully saturated rings. The van der Waals surface area contributed by atoms with E-state index in [1.807, 2.05) is 12.1 Å². The first-order valence-electron chi connectivity index (χ1n) is 13.6. The standard InChI is InChI=1S/C28H38N6O6/c1-5-11-29-19-9-10-21(30-12-6-2)31-25(19)32-14-16-33(17-15-32)27(38)39-18-22(35)40-23-20-8-7-13-34(20)26(37)28(3,4)24(23)36/h5-6,9-10,20,23,29H,1-2,7-8,11-18H2,3-4H3,(H,30,31). The summed E-state index contributed by atoms with van der Waals surface area (Å²) in [7, 11) is 0. The predicted molar refractivity (Wildman–Crippen MR) is 150 cm³/mol. The monoisotopic (exact) mass is 554 g/mol. The van der Waals surface area contributed by atoms with Gasteiger partial charge in [0.2, 0.25) is 5.91 Å². The molecule has 2 unspecified atom stereocenters. The van der Waals surface area contributed by atoms with Crippen LogP contribution in [0.2, 0.25) is 0 Å². The molecule has 1 aromatic rings. The van der Waals surface area contributed by atoms with Crippen LogP contribution in [0.15, 0.2) is 37.4 Å². The van der Waals surface area contributed by atoms with E-state index in [1.165, 1.54) is 4.90 Å². The molecule has 0 bridgehead atoms. The van der Waals surface area contributed by atoms with Crippen molar-refractivity contribution in [2.75, 3.05) is 68.0 Å². The van der Waals surface area contributed by atoms with E-state index in [-0.39, 0.29) is 5.91 Å². The molecule has 0 radical (unpaired) electrons. The number of piperidine rings is 1. The molecule has 0 spiro atoms. The zero-order valence-electron chi connectivity index (χ0n) is 23.2. The smallest absolute Gasteiger partial charge is 0.410 e. The Hall–Kier alpha value is -4.09. The number of hydrogen-bond acceptors (Lipinski definition) is 10. The van der Waals surface area contributed by atoms with Crippen LogP contribution in [-0.4, -0.2) is 103 Å². The third-order valence-corrected chi connectivity index (χ3v) is 7.47. The summed E-state index contributed by atoms with van der Waals surface area (Å²) in [6.45, 7) is 13.4. The van der Waals surface area contributed by atoms with Gasteiger partial charge < -0.3 is 34.8 Å². The molecule has 3 aliphatic heterocycles. The van der Waals surface area contributed by atoms with E-state index < -0.39 is 42.0 Å². The minimum atomic E-state index is -1.26. The van der Waals surface area contributed by atoms with Gasteiger partial charge in [-0.15, -0.1) is 13.2 Å². The molecule has 3 aliphatic rings. The van der Waals surface area contributed by atoms with Crippen LogP contribution in [0.5, 0.6) is 0 Å². The second-order valence-corrected chi connectivity index (χ2v) is 10.5. The quantitative estimate of drug-likeness (QED) is 0.251. The molecule has 2 amide bonds. The van der Waals surface area contributed by atoms with Gasteiger partial charge in [0.1, 0.15) is 11.2 Å². The average molecular weight is 555 g/mol. The fraction of sp³-hybridized carbons (Fsp3) is 0.536. The molecular formula is C28H38N6O6. The second kappa shape index (κ2) is 12.4. The van der Waals surface area contributed by atoms with E-state index in [4.69, 9.17) is 14.5 Å². The first-order chi connectivity index (χ1) is 19.2. The van der Waals surface area contributed by atoms with Crippen LogP contribution in [-0.2, 0) is 23.9 Å². The maximum atomic E-state index is 13.0. The molecular weight excluding hydrogens is 516 g/mol. The lowest BCUT2D eigenvalue weighted by Gasteiger charge is -2.42. The van der Waals surface area contributed by atoms with Gasteiger partial charge in [0.15, 0.2) is 24.3 Å². The van der Waals surface area contributed by atoms with Gasteiger partial charge >= 0.3 is 12.1 Å². The van der Waals surface area contributed by atoms with Crippen LogP contribution in [0.1, 0.15) is 26.7 Å². The van der Waals surface area contributed by atoms with Crippen LogP contribution in [0.25, 0.3) is 0 Å². The van der Waals surface area contributed by atoms with Crippen molar-refractivity contribution in [2.45, 2.75) is 38.8 Å². The molecule has 12 heteroatoms. The van der Waals surface area contributed by atoms with Crippen molar-refractivity contribution in [3.05, 3.63) is 37.4 Å². The Morgan fingerprint density at radius 3 is 2.48 bits per heavy atom. The number of hydrogen-bond donors (Lipinski definition) is 2. The van der Waals surface area contributed by atoms with E-state index in [9.17, 15) is 19.2 Å². The number of amides is 2. The molecule has 40 heavy (non-hydrogen) atoms. The molecule has 2 N–H and O–H groups in total. The number of esters is 1. The minimum Gasteiger partial charge on any atom is -0.450 e. The number of aromatic nitrogens is 1. The van der Waals surface area contributed by atoms with Crippen LogP contribution < -0.4 is 15.5 Å². The van der Waals surface area contributed by atoms with Crippen molar-refractivity contribution in [2.24, 2.45) is 5.41 Å². The molecule has 1 aromatic heterocycles. The molecule has 4 heterocycles. The van der Waals surface area contributed by atoms with Crippen molar-refractivity contribution in [3.8, 4) is 0 Å². The summed E-state index contributed by atoms with van der Waals surface area (Å²) in [5.74, 6) is -0.00291. The van der Waals surface area contributed by atoms with Crippen molar-refractivity contribution in [1.82, 2.24) is 14.8 Å². The van der Waals surface area contributed by atoms with Gasteiger partial charge in [-0.25, -0.2) is 14.6 Å². The number of ketones is 1. The maximum Gasteiger partial charge on any atom is 0.410 e. The number of carbonyl (C=O) groups is 4. The van der Waals surface area contributed by atoms with E-state index in [0.29, 0.717) is 58.1 Å². The molecule has 12 nitrogen and oxygen atoms in total. The molecule has 4 rings (SSSR count). The third kappa shape index (κ3) is 6.05. The van der Waals surface area contributed by atoms with Gasteiger partial charge in [0.25, 0.3) is 0 Å². The highest BCUT2D eigenvalue weighted by Crippen LogP contribution is 2.37. The Morgan fingerprint density at radius 2 is 1.77 bits per heavy atom. The zero-order valence-corrected chi connectivity index (χ0v) is 23.2. The lowest BCUT2D eigenvalue weighted by Crippen LogP contribution is -2.62. The SMILES string of the molecule is C=CCNc1ccc(NCC=C)c(N2CCN(C(=O)OCC(=O)OC3C(=O)C(C)(C)C(=O)N4CCCC34)CC2)n1. The lowest BCUT2D eigenvalue weighted by molar-refractivity contribution is -0.176. The molecule has 0 aromatic carbocycles. The third-order valence-electron chi connectivity index (χ3n) is 7.47. The molecule has 0 saturated carbocycles. The Kier molecular flexibility index (Phi) is 8.96. The number of carbonyl (C=O) groups excluding carboxylic acids is 4. The van der Waals surface area contributed by atoms with Crippen LogP contribution in [0.3, 0.4) is 0 Å². The molecule has 3 saturated heterocycles. The summed E-state index contributed by atoms with van der Waals surface area (Å²) in [5.41, 5.74) is -0.412. The van der Waals surface area contributed by atoms with Crippen molar-refractivity contribution in [3.63, 3.8) is 0 Å². The van der Waals surface area contributed by atoms with Gasteiger partial charge in [-0.3, -0.25) is 9.59 Å². The van der Waals surface area contributed by atoms with Gasteiger partial charge in [0.05, 0.1) is 11.7 Å². The number of nitrogens with one attached hydrogen (secondary N) is 2. The Labute approximate surface area is 234 Å². The highest BCUT2D eigenvalue weighted by Gasteiger charge is 2.55. The molecule has 216 valence electrons. The van der Waals surface area contributed by atoms with E-state index >= 15 is 0 Å². The van der Waals surface area contributed by atoms with E-state index in [0.717, 1.165) is 17.9 Å². The average Bonchev–Trinajstić information content (AvgIpc) is 3.45. The fourth-order valence-electron chi connectivity index (χ4n) is 5.26. The number of anilines is 3. The molecule has 0 aliphatic carbocycles. The highest BCUT2D eigenvalue weighted by molar-refractivity contribution is 6.10. The number of pyridine rings is 1. The lowest BCUT2D eigenvalue weighted by atomic mass is 9.77. The van der Waals surface area contributed by atoms with Crippen molar-refractivity contribution < 1.29 is 28.7 Å². The fourth-order valence-corrected chi connectivity index (χ4v) is 5.26. The Balaban J connectivity index is 1.30.